The molecule has 1 N–H and O–H groups in total. The van der Waals surface area contributed by atoms with Crippen LogP contribution in [0.25, 0.3) is 0 Å². The summed E-state index contributed by atoms with van der Waals surface area (Å²) in [5.41, 5.74) is 3.46. The minimum absolute atomic E-state index is 0.111. The fourth-order valence-corrected chi connectivity index (χ4v) is 4.27. The summed E-state index contributed by atoms with van der Waals surface area (Å²) >= 11 is 1.37. The van der Waals surface area contributed by atoms with Crippen molar-refractivity contribution in [3.05, 3.63) is 81.1 Å². The van der Waals surface area contributed by atoms with Crippen LogP contribution in [0, 0.1) is 6.92 Å². The third-order valence-corrected chi connectivity index (χ3v) is 6.15. The summed E-state index contributed by atoms with van der Waals surface area (Å²) in [6.07, 6.45) is 2.07. The van der Waals surface area contributed by atoms with Gasteiger partial charge in [-0.15, -0.1) is 0 Å². The summed E-state index contributed by atoms with van der Waals surface area (Å²) in [4.78, 5) is 29.3. The number of nitrogens with one attached hydrogen (secondary N) is 1. The van der Waals surface area contributed by atoms with Crippen molar-refractivity contribution in [2.75, 3.05) is 11.6 Å². The van der Waals surface area contributed by atoms with E-state index >= 15 is 0 Å². The maximum absolute atomic E-state index is 12.7. The van der Waals surface area contributed by atoms with Crippen molar-refractivity contribution in [2.45, 2.75) is 31.0 Å². The number of nitrogens with zero attached hydrogens (tertiary/aromatic N) is 2. The van der Waals surface area contributed by atoms with E-state index in [9.17, 15) is 9.59 Å². The first-order valence-electron chi connectivity index (χ1n) is 9.70. The Morgan fingerprint density at radius 2 is 1.90 bits per heavy atom. The largest absolute Gasteiger partial charge is 0.489 e. The molecule has 30 heavy (non-hydrogen) atoms. The molecule has 0 fully saturated rings. The molecule has 1 aromatic heterocycles. The molecule has 0 saturated carbocycles. The number of aryl methyl sites for hydroxylation is 1. The lowest BCUT2D eigenvalue weighted by molar-refractivity contribution is -0.116. The minimum atomic E-state index is -0.332. The molecule has 0 spiro atoms. The standard InChI is InChI=1S/C23H23N3O3S/c1-14-6-4-5-7-16(14)13-29-17-10-8-15(9-11-17)18-12-19(27)24-21-20(18)22(28)25-23(30-3)26(21)2/h4-11,18H,12-13H2,1-3H3,(H,24,27). The number of fused-ring (bicyclic) bond motifs is 1. The van der Waals surface area contributed by atoms with Gasteiger partial charge < -0.3 is 14.6 Å². The summed E-state index contributed by atoms with van der Waals surface area (Å²) in [7, 11) is 1.81. The van der Waals surface area contributed by atoms with Gasteiger partial charge in [0.2, 0.25) is 5.91 Å². The van der Waals surface area contributed by atoms with E-state index in [1.807, 2.05) is 55.8 Å². The second-order valence-corrected chi connectivity index (χ2v) is 8.09. The van der Waals surface area contributed by atoms with Crippen LogP contribution in [0.2, 0.25) is 0 Å². The highest BCUT2D eigenvalue weighted by Crippen LogP contribution is 2.36. The zero-order chi connectivity index (χ0) is 21.3. The number of ether oxygens (including phenoxy) is 1. The van der Waals surface area contributed by atoms with E-state index in [2.05, 4.69) is 23.3 Å². The summed E-state index contributed by atoms with van der Waals surface area (Å²) in [5, 5.41) is 3.41. The fraction of sp³-hybridized carbons (Fsp3) is 0.261. The summed E-state index contributed by atoms with van der Waals surface area (Å²) < 4.78 is 7.69. The lowest BCUT2D eigenvalue weighted by Gasteiger charge is -2.27. The average Bonchev–Trinajstić information content (AvgIpc) is 2.75. The van der Waals surface area contributed by atoms with Gasteiger partial charge in [0.15, 0.2) is 5.16 Å². The number of carbonyl (C=O) groups is 1. The number of hydrogen-bond donors (Lipinski definition) is 1. The maximum Gasteiger partial charge on any atom is 0.279 e. The van der Waals surface area contributed by atoms with Crippen molar-refractivity contribution in [3.63, 3.8) is 0 Å². The summed E-state index contributed by atoms with van der Waals surface area (Å²) in [6, 6.07) is 15.7. The van der Waals surface area contributed by atoms with Gasteiger partial charge in [0, 0.05) is 19.4 Å². The minimum Gasteiger partial charge on any atom is -0.489 e. The summed E-state index contributed by atoms with van der Waals surface area (Å²) in [6.45, 7) is 2.55. The number of anilines is 1. The molecule has 1 unspecified atom stereocenters. The highest BCUT2D eigenvalue weighted by atomic mass is 32.2. The number of hydrogen-bond acceptors (Lipinski definition) is 5. The highest BCUT2D eigenvalue weighted by Gasteiger charge is 2.31. The van der Waals surface area contributed by atoms with Gasteiger partial charge in [0.05, 0.1) is 5.56 Å². The third-order valence-electron chi connectivity index (χ3n) is 5.42. The number of benzene rings is 2. The number of aromatic nitrogens is 2. The Labute approximate surface area is 179 Å². The topological polar surface area (TPSA) is 73.2 Å². The van der Waals surface area contributed by atoms with Gasteiger partial charge in [-0.25, -0.2) is 0 Å². The molecule has 4 rings (SSSR count). The van der Waals surface area contributed by atoms with E-state index in [0.717, 1.165) is 16.9 Å². The second kappa shape index (κ2) is 8.36. The molecule has 2 heterocycles. The van der Waals surface area contributed by atoms with E-state index in [4.69, 9.17) is 4.74 Å². The Hall–Kier alpha value is -3.06. The Kier molecular flexibility index (Phi) is 5.63. The van der Waals surface area contributed by atoms with Crippen LogP contribution in [0.4, 0.5) is 5.82 Å². The first-order valence-corrected chi connectivity index (χ1v) is 10.9. The number of thioether (sulfide) groups is 1. The Morgan fingerprint density at radius 1 is 1.17 bits per heavy atom. The predicted molar refractivity (Wildman–Crippen MR) is 118 cm³/mol. The molecule has 7 heteroatoms. The molecular weight excluding hydrogens is 398 g/mol. The lowest BCUT2D eigenvalue weighted by Crippen LogP contribution is -2.33. The molecule has 3 aromatic rings. The van der Waals surface area contributed by atoms with Crippen molar-refractivity contribution < 1.29 is 9.53 Å². The predicted octanol–water partition coefficient (Wildman–Crippen LogP) is 3.86. The van der Waals surface area contributed by atoms with Crippen LogP contribution in [0.15, 0.2) is 58.5 Å². The van der Waals surface area contributed by atoms with Gasteiger partial charge in [-0.05, 0) is 42.0 Å². The van der Waals surface area contributed by atoms with E-state index in [0.29, 0.717) is 23.1 Å². The maximum atomic E-state index is 12.7. The highest BCUT2D eigenvalue weighted by molar-refractivity contribution is 7.98. The lowest BCUT2D eigenvalue weighted by atomic mass is 9.87. The van der Waals surface area contributed by atoms with Crippen LogP contribution in [-0.4, -0.2) is 21.7 Å². The quantitative estimate of drug-likeness (QED) is 0.500. The SMILES string of the molecule is CSc1nc(=O)c2c(n1C)NC(=O)CC2c1ccc(OCc2ccccc2C)cc1. The fourth-order valence-electron chi connectivity index (χ4n) is 3.73. The van der Waals surface area contributed by atoms with E-state index in [-0.39, 0.29) is 23.8 Å². The molecule has 1 aliphatic heterocycles. The molecule has 2 aromatic carbocycles. The zero-order valence-electron chi connectivity index (χ0n) is 17.1. The Balaban J connectivity index is 1.61. The van der Waals surface area contributed by atoms with Crippen LogP contribution in [0.1, 0.15) is 34.6 Å². The molecule has 1 amide bonds. The number of amides is 1. The molecule has 0 saturated heterocycles. The average molecular weight is 422 g/mol. The second-order valence-electron chi connectivity index (χ2n) is 7.31. The Bertz CT molecular complexity index is 1160. The molecule has 1 aliphatic rings. The van der Waals surface area contributed by atoms with Gasteiger partial charge >= 0.3 is 0 Å². The van der Waals surface area contributed by atoms with Crippen LogP contribution in [-0.2, 0) is 18.4 Å². The molecule has 0 radical (unpaired) electrons. The first-order chi connectivity index (χ1) is 14.5. The molecule has 0 aliphatic carbocycles. The van der Waals surface area contributed by atoms with Crippen LogP contribution < -0.4 is 15.6 Å². The van der Waals surface area contributed by atoms with Crippen LogP contribution in [0.5, 0.6) is 5.75 Å². The normalized spacial score (nSPS) is 15.4. The third kappa shape index (κ3) is 3.85. The van der Waals surface area contributed by atoms with Gasteiger partial charge in [-0.1, -0.05) is 48.2 Å². The van der Waals surface area contributed by atoms with Crippen molar-refractivity contribution in [1.82, 2.24) is 9.55 Å². The number of rotatable bonds is 5. The first kappa shape index (κ1) is 20.2. The van der Waals surface area contributed by atoms with E-state index in [1.54, 1.807) is 4.57 Å². The van der Waals surface area contributed by atoms with Crippen LogP contribution >= 0.6 is 11.8 Å². The van der Waals surface area contributed by atoms with Gasteiger partial charge in [0.1, 0.15) is 18.2 Å². The Morgan fingerprint density at radius 3 is 2.60 bits per heavy atom. The van der Waals surface area contributed by atoms with Crippen molar-refractivity contribution in [2.24, 2.45) is 7.05 Å². The van der Waals surface area contributed by atoms with Gasteiger partial charge in [-0.3, -0.25) is 9.59 Å². The smallest absolute Gasteiger partial charge is 0.279 e. The molecule has 6 nitrogen and oxygen atoms in total. The van der Waals surface area contributed by atoms with Gasteiger partial charge in [-0.2, -0.15) is 4.98 Å². The van der Waals surface area contributed by atoms with Crippen LogP contribution in [0.3, 0.4) is 0 Å². The molecule has 1 atom stereocenters. The van der Waals surface area contributed by atoms with Crippen molar-refractivity contribution >= 4 is 23.5 Å². The van der Waals surface area contributed by atoms with E-state index in [1.165, 1.54) is 17.3 Å². The van der Waals surface area contributed by atoms with Crippen molar-refractivity contribution in [3.8, 4) is 5.75 Å². The summed E-state index contributed by atoms with van der Waals surface area (Å²) in [5.74, 6) is 0.827. The molecule has 154 valence electrons. The number of carbonyl (C=O) groups excluding carboxylic acids is 1. The van der Waals surface area contributed by atoms with Gasteiger partial charge in [0.25, 0.3) is 5.56 Å². The van der Waals surface area contributed by atoms with E-state index < -0.39 is 0 Å². The molecule has 0 bridgehead atoms. The van der Waals surface area contributed by atoms with Crippen molar-refractivity contribution in [1.29, 1.82) is 0 Å². The molecular formula is C23H23N3O3S. The zero-order valence-corrected chi connectivity index (χ0v) is 18.0. The monoisotopic (exact) mass is 421 g/mol.